The second kappa shape index (κ2) is 7.48. The van der Waals surface area contributed by atoms with Crippen LogP contribution in [0.4, 0.5) is 0 Å². The van der Waals surface area contributed by atoms with Crippen molar-refractivity contribution in [3.8, 4) is 11.5 Å². The summed E-state index contributed by atoms with van der Waals surface area (Å²) in [5.41, 5.74) is 4.28. The Labute approximate surface area is 161 Å². The fraction of sp³-hybridized carbons (Fsp3) is 0.478. The topological polar surface area (TPSA) is 29.5 Å². The number of hydrogen-bond donors (Lipinski definition) is 1. The van der Waals surface area contributed by atoms with Gasteiger partial charge in [-0.1, -0.05) is 64.9 Å². The van der Waals surface area contributed by atoms with Crippen molar-refractivity contribution in [2.75, 3.05) is 6.23 Å². The van der Waals surface area contributed by atoms with Gasteiger partial charge in [-0.25, -0.2) is 0 Å². The van der Waals surface area contributed by atoms with E-state index in [0.29, 0.717) is 21.5 Å². The maximum absolute atomic E-state index is 10.8. The Morgan fingerprint density at radius 1 is 0.923 bits per heavy atom. The van der Waals surface area contributed by atoms with Crippen molar-refractivity contribution in [2.24, 2.45) is 0 Å². The standard InChI is InChI=1S/C23H32O2Si/c1-15-10-9-11-20(16(15)2)26-14-25-17-12-18(22(3,4)5)21(24)19(13-17)23(6,7)8/h9-13,24H,14H2,1-8H3. The first kappa shape index (κ1) is 20.6. The van der Waals surface area contributed by atoms with E-state index in [1.54, 1.807) is 0 Å². The van der Waals surface area contributed by atoms with Crippen LogP contribution >= 0.6 is 0 Å². The van der Waals surface area contributed by atoms with Gasteiger partial charge < -0.3 is 9.84 Å². The maximum Gasteiger partial charge on any atom is 0.131 e. The van der Waals surface area contributed by atoms with Gasteiger partial charge in [0.25, 0.3) is 0 Å². The van der Waals surface area contributed by atoms with E-state index in [-0.39, 0.29) is 10.8 Å². The highest BCUT2D eigenvalue weighted by Crippen LogP contribution is 2.41. The molecule has 140 valence electrons. The highest BCUT2D eigenvalue weighted by Gasteiger charge is 2.27. The monoisotopic (exact) mass is 368 g/mol. The molecule has 26 heavy (non-hydrogen) atoms. The van der Waals surface area contributed by atoms with Crippen LogP contribution in [-0.2, 0) is 10.8 Å². The molecule has 0 fully saturated rings. The van der Waals surface area contributed by atoms with Gasteiger partial charge in [0.05, 0.1) is 6.23 Å². The van der Waals surface area contributed by atoms with E-state index in [2.05, 4.69) is 73.6 Å². The first-order valence-corrected chi connectivity index (χ1v) is 10.4. The first-order valence-electron chi connectivity index (χ1n) is 9.22. The van der Waals surface area contributed by atoms with Crippen molar-refractivity contribution < 1.29 is 9.84 Å². The van der Waals surface area contributed by atoms with Crippen LogP contribution in [0.1, 0.15) is 63.8 Å². The lowest BCUT2D eigenvalue weighted by atomic mass is 9.79. The zero-order valence-electron chi connectivity index (χ0n) is 17.4. The predicted octanol–water partition coefficient (Wildman–Crippen LogP) is 4.97. The van der Waals surface area contributed by atoms with Crippen molar-refractivity contribution in [3.05, 3.63) is 52.6 Å². The molecule has 2 rings (SSSR count). The molecule has 2 aromatic rings. The van der Waals surface area contributed by atoms with Crippen LogP contribution in [0.15, 0.2) is 30.3 Å². The Kier molecular flexibility index (Phi) is 5.91. The molecule has 0 atom stereocenters. The number of aromatic hydroxyl groups is 1. The average Bonchev–Trinajstić information content (AvgIpc) is 2.50. The number of hydrogen-bond acceptors (Lipinski definition) is 2. The lowest BCUT2D eigenvalue weighted by Gasteiger charge is -2.28. The number of rotatable bonds is 4. The summed E-state index contributed by atoms with van der Waals surface area (Å²) in [7, 11) is 0.605. The molecule has 0 heterocycles. The molecule has 0 saturated heterocycles. The molecule has 0 amide bonds. The normalized spacial score (nSPS) is 12.3. The van der Waals surface area contributed by atoms with Crippen molar-refractivity contribution in [1.82, 2.24) is 0 Å². The van der Waals surface area contributed by atoms with E-state index in [9.17, 15) is 5.11 Å². The average molecular weight is 369 g/mol. The lowest BCUT2D eigenvalue weighted by molar-refractivity contribution is 0.374. The molecular weight excluding hydrogens is 336 g/mol. The third kappa shape index (κ3) is 4.70. The van der Waals surface area contributed by atoms with Crippen molar-refractivity contribution >= 4 is 14.7 Å². The third-order valence-electron chi connectivity index (χ3n) is 4.81. The van der Waals surface area contributed by atoms with Gasteiger partial charge in [0.15, 0.2) is 0 Å². The molecule has 3 heteroatoms. The lowest BCUT2D eigenvalue weighted by Crippen LogP contribution is -2.25. The summed E-state index contributed by atoms with van der Waals surface area (Å²) in [5, 5.41) is 12.2. The molecule has 0 aliphatic carbocycles. The van der Waals surface area contributed by atoms with Gasteiger partial charge in [-0.15, -0.1) is 0 Å². The van der Waals surface area contributed by atoms with E-state index in [1.807, 2.05) is 12.1 Å². The van der Waals surface area contributed by atoms with Crippen molar-refractivity contribution in [3.63, 3.8) is 0 Å². The van der Waals surface area contributed by atoms with Crippen LogP contribution in [0, 0.1) is 13.8 Å². The zero-order chi connectivity index (χ0) is 19.7. The minimum Gasteiger partial charge on any atom is -0.507 e. The van der Waals surface area contributed by atoms with Crippen LogP contribution in [0.2, 0.25) is 0 Å². The Morgan fingerprint density at radius 2 is 1.46 bits per heavy atom. The van der Waals surface area contributed by atoms with Gasteiger partial charge in [0, 0.05) is 11.1 Å². The number of benzene rings is 2. The van der Waals surface area contributed by atoms with E-state index in [4.69, 9.17) is 4.74 Å². The van der Waals surface area contributed by atoms with Gasteiger partial charge >= 0.3 is 0 Å². The summed E-state index contributed by atoms with van der Waals surface area (Å²) >= 11 is 0. The Bertz CT molecular complexity index is 745. The molecule has 2 aromatic carbocycles. The SMILES string of the molecule is Cc1cccc([Si]COc2cc(C(C)(C)C)c(O)c(C(C)(C)C)c2)c1C. The van der Waals surface area contributed by atoms with Crippen molar-refractivity contribution in [2.45, 2.75) is 66.2 Å². The smallest absolute Gasteiger partial charge is 0.131 e. The largest absolute Gasteiger partial charge is 0.507 e. The van der Waals surface area contributed by atoms with Crippen molar-refractivity contribution in [1.29, 1.82) is 0 Å². The fourth-order valence-electron chi connectivity index (χ4n) is 2.97. The van der Waals surface area contributed by atoms with E-state index in [1.165, 1.54) is 16.3 Å². The summed E-state index contributed by atoms with van der Waals surface area (Å²) in [5.74, 6) is 1.24. The number of ether oxygens (including phenoxy) is 1. The maximum atomic E-state index is 10.8. The molecule has 2 radical (unpaired) electrons. The highest BCUT2D eigenvalue weighted by atomic mass is 28.2. The summed E-state index contributed by atoms with van der Waals surface area (Å²) in [6, 6.07) is 10.4. The summed E-state index contributed by atoms with van der Waals surface area (Å²) in [6.07, 6.45) is 0.655. The molecular formula is C23H32O2Si. The summed E-state index contributed by atoms with van der Waals surface area (Å²) < 4.78 is 6.13. The Morgan fingerprint density at radius 3 is 1.96 bits per heavy atom. The highest BCUT2D eigenvalue weighted by molar-refractivity contribution is 6.54. The van der Waals surface area contributed by atoms with Gasteiger partial charge in [-0.3, -0.25) is 0 Å². The van der Waals surface area contributed by atoms with Gasteiger partial charge in [0.2, 0.25) is 0 Å². The van der Waals surface area contributed by atoms with E-state index in [0.717, 1.165) is 16.9 Å². The first-order chi connectivity index (χ1) is 11.9. The van der Waals surface area contributed by atoms with Gasteiger partial charge in [-0.2, -0.15) is 0 Å². The number of phenols is 1. The van der Waals surface area contributed by atoms with Crippen LogP contribution in [0.5, 0.6) is 11.5 Å². The summed E-state index contributed by atoms with van der Waals surface area (Å²) in [4.78, 5) is 0. The molecule has 0 bridgehead atoms. The Balaban J connectivity index is 2.27. The Hall–Kier alpha value is -1.74. The second-order valence-electron chi connectivity index (χ2n) is 9.08. The summed E-state index contributed by atoms with van der Waals surface area (Å²) in [6.45, 7) is 17.0. The van der Waals surface area contributed by atoms with Crippen LogP contribution in [0.3, 0.4) is 0 Å². The van der Waals surface area contributed by atoms with Gasteiger partial charge in [-0.05, 0) is 47.9 Å². The van der Waals surface area contributed by atoms with Crippen LogP contribution in [-0.4, -0.2) is 20.9 Å². The molecule has 0 spiro atoms. The molecule has 0 aliphatic rings. The predicted molar refractivity (Wildman–Crippen MR) is 112 cm³/mol. The minimum absolute atomic E-state index is 0.140. The van der Waals surface area contributed by atoms with Crippen LogP contribution in [0.25, 0.3) is 0 Å². The zero-order valence-corrected chi connectivity index (χ0v) is 18.4. The molecule has 0 aromatic heterocycles. The molecule has 0 unspecified atom stereocenters. The van der Waals surface area contributed by atoms with E-state index >= 15 is 0 Å². The van der Waals surface area contributed by atoms with Gasteiger partial charge in [0.1, 0.15) is 21.0 Å². The van der Waals surface area contributed by atoms with Crippen LogP contribution < -0.4 is 9.92 Å². The molecule has 1 N–H and O–H groups in total. The molecule has 2 nitrogen and oxygen atoms in total. The fourth-order valence-corrected chi connectivity index (χ4v) is 4.05. The third-order valence-corrected chi connectivity index (χ3v) is 6.02. The number of phenolic OH excluding ortho intramolecular Hbond substituents is 1. The number of aryl methyl sites for hydroxylation is 1. The van der Waals surface area contributed by atoms with E-state index < -0.39 is 0 Å². The molecule has 0 saturated carbocycles. The minimum atomic E-state index is -0.140. The molecule has 0 aliphatic heterocycles. The second-order valence-corrected chi connectivity index (χ2v) is 10.3. The quantitative estimate of drug-likeness (QED) is 0.772.